The molecule has 43 valence electrons. The molecule has 2 aromatic rings. The predicted molar refractivity (Wildman–Crippen MR) is 30.6 cm³/mol. The minimum Gasteiger partial charge on any atom is -0.354 e. The maximum atomic E-state index is 4.75. The fourth-order valence-corrected chi connectivity index (χ4v) is 0.663. The van der Waals surface area contributed by atoms with Crippen molar-refractivity contribution in [1.82, 2.24) is 10.1 Å². The third kappa shape index (κ3) is 0.579. The van der Waals surface area contributed by atoms with Gasteiger partial charge in [-0.25, -0.2) is 0 Å². The molecule has 0 saturated heterocycles. The molecule has 0 saturated carbocycles. The molecule has 0 unspecified atom stereocenters. The lowest BCUT2D eigenvalue weighted by Gasteiger charge is -1.78. The lowest BCUT2D eigenvalue weighted by atomic mass is 10.4. The largest absolute Gasteiger partial charge is 0.354 e. The highest BCUT2D eigenvalue weighted by Crippen LogP contribution is 2.06. The number of rotatable bonds is 0. The van der Waals surface area contributed by atoms with E-state index in [-0.39, 0.29) is 0 Å². The fraction of sp³-hybridized carbons (Fsp3) is 0. The van der Waals surface area contributed by atoms with E-state index in [0.717, 1.165) is 0 Å². The highest BCUT2D eigenvalue weighted by Gasteiger charge is 1.94. The standard InChI is InChI=1S/C6H3N2O/c1-2-6-5(7-3-1)4-8-9-6/h1-3H. The minimum absolute atomic E-state index is 0.678. The van der Waals surface area contributed by atoms with Gasteiger partial charge in [-0.2, -0.15) is 0 Å². The van der Waals surface area contributed by atoms with Crippen LogP contribution in [0.1, 0.15) is 0 Å². The van der Waals surface area contributed by atoms with Gasteiger partial charge in [-0.15, -0.1) is 0 Å². The van der Waals surface area contributed by atoms with E-state index in [0.29, 0.717) is 11.1 Å². The third-order valence-electron chi connectivity index (χ3n) is 1.07. The molecule has 0 aromatic carbocycles. The van der Waals surface area contributed by atoms with Crippen molar-refractivity contribution in [1.29, 1.82) is 0 Å². The summed E-state index contributed by atoms with van der Waals surface area (Å²) in [5, 5.41) is 3.44. The van der Waals surface area contributed by atoms with Gasteiger partial charge in [0, 0.05) is 6.20 Å². The van der Waals surface area contributed by atoms with Crippen LogP contribution >= 0.6 is 0 Å². The number of hydrogen-bond acceptors (Lipinski definition) is 3. The highest BCUT2D eigenvalue weighted by molar-refractivity contribution is 5.69. The van der Waals surface area contributed by atoms with Crippen molar-refractivity contribution < 1.29 is 4.52 Å². The van der Waals surface area contributed by atoms with Crippen molar-refractivity contribution in [3.8, 4) is 0 Å². The first-order valence-corrected chi connectivity index (χ1v) is 2.55. The number of nitrogens with zero attached hydrogens (tertiary/aromatic N) is 2. The summed E-state index contributed by atoms with van der Waals surface area (Å²) in [6.45, 7) is 0. The van der Waals surface area contributed by atoms with E-state index in [1.165, 1.54) is 0 Å². The molecule has 9 heavy (non-hydrogen) atoms. The summed E-state index contributed by atoms with van der Waals surface area (Å²) in [5.74, 6) is 0. The lowest BCUT2D eigenvalue weighted by molar-refractivity contribution is 0.454. The summed E-state index contributed by atoms with van der Waals surface area (Å²) < 4.78 is 4.75. The van der Waals surface area contributed by atoms with Crippen molar-refractivity contribution in [2.24, 2.45) is 0 Å². The first-order chi connectivity index (χ1) is 4.47. The molecule has 3 heteroatoms. The number of aromatic nitrogens is 2. The van der Waals surface area contributed by atoms with Crippen LogP contribution in [0.25, 0.3) is 11.1 Å². The maximum Gasteiger partial charge on any atom is 0.186 e. The molecule has 0 bridgehead atoms. The third-order valence-corrected chi connectivity index (χ3v) is 1.07. The molecule has 0 N–H and O–H groups in total. The summed E-state index contributed by atoms with van der Waals surface area (Å²) >= 11 is 0. The Kier molecular flexibility index (Phi) is 0.773. The summed E-state index contributed by atoms with van der Waals surface area (Å²) in [6, 6.07) is 3.59. The predicted octanol–water partition coefficient (Wildman–Crippen LogP) is 1.02. The Balaban J connectivity index is 2.95. The van der Waals surface area contributed by atoms with Crippen molar-refractivity contribution in [3.63, 3.8) is 0 Å². The summed E-state index contributed by atoms with van der Waals surface area (Å²) in [7, 11) is 0. The van der Waals surface area contributed by atoms with Gasteiger partial charge < -0.3 is 4.52 Å². The second kappa shape index (κ2) is 1.55. The average molecular weight is 119 g/mol. The van der Waals surface area contributed by atoms with Crippen molar-refractivity contribution in [2.45, 2.75) is 0 Å². The van der Waals surface area contributed by atoms with Gasteiger partial charge in [-0.1, -0.05) is 5.16 Å². The Morgan fingerprint density at radius 1 is 1.56 bits per heavy atom. The SMILES string of the molecule is [c]1noc2cccnc12. The minimum atomic E-state index is 0.678. The second-order valence-electron chi connectivity index (χ2n) is 1.64. The number of hydrogen-bond donors (Lipinski definition) is 0. The number of fused-ring (bicyclic) bond motifs is 1. The van der Waals surface area contributed by atoms with Gasteiger partial charge in [0.2, 0.25) is 0 Å². The molecule has 2 heterocycles. The van der Waals surface area contributed by atoms with Gasteiger partial charge in [0.1, 0.15) is 5.52 Å². The van der Waals surface area contributed by atoms with Crippen LogP contribution in [0.3, 0.4) is 0 Å². The van der Waals surface area contributed by atoms with Crippen LogP contribution in [0.15, 0.2) is 22.9 Å². The number of pyridine rings is 1. The monoisotopic (exact) mass is 119 g/mol. The highest BCUT2D eigenvalue weighted by atomic mass is 16.5. The smallest absolute Gasteiger partial charge is 0.186 e. The van der Waals surface area contributed by atoms with Crippen LogP contribution in [0.2, 0.25) is 0 Å². The zero-order chi connectivity index (χ0) is 6.10. The lowest BCUT2D eigenvalue weighted by Crippen LogP contribution is -1.67. The molecule has 0 aliphatic rings. The van der Waals surface area contributed by atoms with Crippen LogP contribution in [0.4, 0.5) is 0 Å². The zero-order valence-electron chi connectivity index (χ0n) is 4.53. The van der Waals surface area contributed by atoms with Crippen LogP contribution in [0.5, 0.6) is 0 Å². The molecule has 0 atom stereocenters. The Morgan fingerprint density at radius 3 is 3.44 bits per heavy atom. The van der Waals surface area contributed by atoms with Crippen molar-refractivity contribution >= 4 is 11.1 Å². The summed E-state index contributed by atoms with van der Waals surface area (Å²) in [5.41, 5.74) is 1.36. The Morgan fingerprint density at radius 2 is 2.56 bits per heavy atom. The molecule has 2 aromatic heterocycles. The summed E-state index contributed by atoms with van der Waals surface area (Å²) in [6.07, 6.45) is 4.27. The van der Waals surface area contributed by atoms with E-state index in [1.807, 2.05) is 0 Å². The molecular weight excluding hydrogens is 116 g/mol. The van der Waals surface area contributed by atoms with Crippen LogP contribution in [-0.2, 0) is 0 Å². The molecule has 0 spiro atoms. The topological polar surface area (TPSA) is 38.9 Å². The first-order valence-electron chi connectivity index (χ1n) is 2.55. The van der Waals surface area contributed by atoms with E-state index in [4.69, 9.17) is 4.52 Å². The van der Waals surface area contributed by atoms with Crippen molar-refractivity contribution in [2.75, 3.05) is 0 Å². The molecule has 2 rings (SSSR count). The Labute approximate surface area is 51.3 Å². The molecular formula is C6H3N2O. The van der Waals surface area contributed by atoms with Crippen LogP contribution in [0, 0.1) is 6.20 Å². The van der Waals surface area contributed by atoms with Gasteiger partial charge in [-0.05, 0) is 12.1 Å². The molecule has 0 aliphatic carbocycles. The molecule has 1 radical (unpaired) electrons. The van der Waals surface area contributed by atoms with Gasteiger partial charge in [0.25, 0.3) is 0 Å². The first kappa shape index (κ1) is 4.49. The van der Waals surface area contributed by atoms with Crippen LogP contribution in [-0.4, -0.2) is 10.1 Å². The molecule has 0 aliphatic heterocycles. The zero-order valence-corrected chi connectivity index (χ0v) is 4.53. The van der Waals surface area contributed by atoms with Gasteiger partial charge >= 0.3 is 0 Å². The second-order valence-corrected chi connectivity index (χ2v) is 1.64. The molecule has 3 nitrogen and oxygen atoms in total. The Hall–Kier alpha value is -1.38. The van der Waals surface area contributed by atoms with E-state index in [2.05, 4.69) is 16.3 Å². The average Bonchev–Trinajstić information content (AvgIpc) is 2.33. The van der Waals surface area contributed by atoms with E-state index in [9.17, 15) is 0 Å². The fourth-order valence-electron chi connectivity index (χ4n) is 0.663. The molecule has 0 fully saturated rings. The van der Waals surface area contributed by atoms with E-state index < -0.39 is 0 Å². The van der Waals surface area contributed by atoms with Crippen LogP contribution < -0.4 is 0 Å². The van der Waals surface area contributed by atoms with Gasteiger partial charge in [-0.3, -0.25) is 4.98 Å². The van der Waals surface area contributed by atoms with Gasteiger partial charge in [0.05, 0.1) is 0 Å². The van der Waals surface area contributed by atoms with E-state index >= 15 is 0 Å². The molecule has 0 amide bonds. The van der Waals surface area contributed by atoms with E-state index in [1.54, 1.807) is 18.3 Å². The quantitative estimate of drug-likeness (QED) is 0.519. The van der Waals surface area contributed by atoms with Gasteiger partial charge in [0.15, 0.2) is 11.8 Å². The maximum absolute atomic E-state index is 4.75. The summed E-state index contributed by atoms with van der Waals surface area (Å²) in [4.78, 5) is 3.93. The van der Waals surface area contributed by atoms with Crippen molar-refractivity contribution in [3.05, 3.63) is 24.5 Å². The normalized spacial score (nSPS) is 10.2. The Bertz CT molecular complexity index is 285.